The Labute approximate surface area is 112 Å². The number of alkyl halides is 2. The highest BCUT2D eigenvalue weighted by molar-refractivity contribution is 5.81. The van der Waals surface area contributed by atoms with Crippen LogP contribution in [0.4, 0.5) is 8.78 Å². The van der Waals surface area contributed by atoms with E-state index in [1.54, 1.807) is 12.1 Å². The molecule has 0 saturated carbocycles. The summed E-state index contributed by atoms with van der Waals surface area (Å²) in [6.07, 6.45) is 0.650. The second kappa shape index (κ2) is 6.50. The fourth-order valence-electron chi connectivity index (χ4n) is 1.42. The van der Waals surface area contributed by atoms with E-state index in [2.05, 4.69) is 10.1 Å². The Kier molecular flexibility index (Phi) is 5.27. The molecule has 0 fully saturated rings. The van der Waals surface area contributed by atoms with Gasteiger partial charge in [-0.15, -0.1) is 0 Å². The molecule has 106 valence electrons. The van der Waals surface area contributed by atoms with Crippen LogP contribution in [0.1, 0.15) is 26.3 Å². The van der Waals surface area contributed by atoms with Crippen LogP contribution in [0.3, 0.4) is 0 Å². The lowest BCUT2D eigenvalue weighted by Gasteiger charge is -2.17. The summed E-state index contributed by atoms with van der Waals surface area (Å²) in [7, 11) is 0. The van der Waals surface area contributed by atoms with Crippen LogP contribution < -0.4 is 10.1 Å². The van der Waals surface area contributed by atoms with E-state index in [9.17, 15) is 13.6 Å². The summed E-state index contributed by atoms with van der Waals surface area (Å²) in [6, 6.07) is 6.40. The third-order valence-corrected chi connectivity index (χ3v) is 2.53. The van der Waals surface area contributed by atoms with Crippen LogP contribution in [0.2, 0.25) is 0 Å². The Morgan fingerprint density at radius 2 is 1.84 bits per heavy atom. The molecule has 0 aromatic heterocycles. The topological polar surface area (TPSA) is 38.3 Å². The van der Waals surface area contributed by atoms with Crippen molar-refractivity contribution in [2.24, 2.45) is 5.41 Å². The van der Waals surface area contributed by atoms with Gasteiger partial charge in [0.2, 0.25) is 5.91 Å². The molecule has 0 aliphatic rings. The first-order valence-electron chi connectivity index (χ1n) is 6.11. The van der Waals surface area contributed by atoms with Gasteiger partial charge in [-0.1, -0.05) is 32.9 Å². The van der Waals surface area contributed by atoms with Crippen molar-refractivity contribution in [3.8, 4) is 5.75 Å². The van der Waals surface area contributed by atoms with Crippen molar-refractivity contribution in [3.05, 3.63) is 29.8 Å². The zero-order valence-corrected chi connectivity index (χ0v) is 11.4. The molecule has 0 bridgehead atoms. The van der Waals surface area contributed by atoms with E-state index in [1.807, 2.05) is 20.8 Å². The highest BCUT2D eigenvalue weighted by Crippen LogP contribution is 2.15. The maximum absolute atomic E-state index is 12.0. The van der Waals surface area contributed by atoms with Gasteiger partial charge in [-0.3, -0.25) is 4.79 Å². The second-order valence-electron chi connectivity index (χ2n) is 5.28. The number of carbonyl (C=O) groups is 1. The number of benzene rings is 1. The van der Waals surface area contributed by atoms with Crippen LogP contribution in [0.25, 0.3) is 0 Å². The number of amides is 1. The van der Waals surface area contributed by atoms with Gasteiger partial charge in [0.15, 0.2) is 0 Å². The Bertz CT molecular complexity index is 410. The normalized spacial score (nSPS) is 11.5. The van der Waals surface area contributed by atoms with Crippen LogP contribution in [0.5, 0.6) is 5.75 Å². The van der Waals surface area contributed by atoms with E-state index < -0.39 is 12.0 Å². The van der Waals surface area contributed by atoms with Gasteiger partial charge in [0.1, 0.15) is 5.75 Å². The highest BCUT2D eigenvalue weighted by Gasteiger charge is 2.20. The minimum Gasteiger partial charge on any atom is -0.435 e. The van der Waals surface area contributed by atoms with E-state index >= 15 is 0 Å². The minimum absolute atomic E-state index is 0.00912. The number of rotatable bonds is 5. The smallest absolute Gasteiger partial charge is 0.387 e. The van der Waals surface area contributed by atoms with Crippen LogP contribution >= 0.6 is 0 Å². The third-order valence-electron chi connectivity index (χ3n) is 2.53. The van der Waals surface area contributed by atoms with Gasteiger partial charge in [0.25, 0.3) is 0 Å². The summed E-state index contributed by atoms with van der Waals surface area (Å²) >= 11 is 0. The van der Waals surface area contributed by atoms with Gasteiger partial charge < -0.3 is 10.1 Å². The number of carbonyl (C=O) groups excluding carboxylic acids is 1. The Hall–Kier alpha value is -1.65. The standard InChI is InChI=1S/C14H19F2NO2/c1-14(2,3)12(18)17-9-8-10-4-6-11(7-5-10)19-13(15)16/h4-7,13H,8-9H2,1-3H3,(H,17,18). The Balaban J connectivity index is 2.40. The third kappa shape index (κ3) is 5.68. The van der Waals surface area contributed by atoms with Gasteiger partial charge in [-0.2, -0.15) is 8.78 Å². The minimum atomic E-state index is -2.81. The predicted octanol–water partition coefficient (Wildman–Crippen LogP) is 2.99. The molecule has 19 heavy (non-hydrogen) atoms. The summed E-state index contributed by atoms with van der Waals surface area (Å²) in [5.41, 5.74) is 0.547. The molecule has 0 heterocycles. The molecule has 1 aromatic rings. The van der Waals surface area contributed by atoms with E-state index in [0.717, 1.165) is 5.56 Å². The molecule has 0 aliphatic heterocycles. The largest absolute Gasteiger partial charge is 0.435 e. The molecule has 1 rings (SSSR count). The number of nitrogens with one attached hydrogen (secondary N) is 1. The zero-order chi connectivity index (χ0) is 14.5. The summed E-state index contributed by atoms with van der Waals surface area (Å²) in [6.45, 7) is 3.25. The van der Waals surface area contributed by atoms with Crippen molar-refractivity contribution in [1.29, 1.82) is 0 Å². The Morgan fingerprint density at radius 1 is 1.26 bits per heavy atom. The van der Waals surface area contributed by atoms with Crippen molar-refractivity contribution in [2.75, 3.05) is 6.54 Å². The average Bonchev–Trinajstić information content (AvgIpc) is 2.29. The molecule has 0 unspecified atom stereocenters. The molecule has 0 aliphatic carbocycles. The van der Waals surface area contributed by atoms with Crippen molar-refractivity contribution in [3.63, 3.8) is 0 Å². The van der Waals surface area contributed by atoms with Gasteiger partial charge in [0.05, 0.1) is 0 Å². The zero-order valence-electron chi connectivity index (χ0n) is 11.4. The Morgan fingerprint density at radius 3 is 2.32 bits per heavy atom. The van der Waals surface area contributed by atoms with E-state index in [4.69, 9.17) is 0 Å². The lowest BCUT2D eigenvalue weighted by Crippen LogP contribution is -2.35. The maximum Gasteiger partial charge on any atom is 0.387 e. The van der Waals surface area contributed by atoms with Crippen molar-refractivity contribution >= 4 is 5.91 Å². The van der Waals surface area contributed by atoms with Gasteiger partial charge in [-0.05, 0) is 24.1 Å². The van der Waals surface area contributed by atoms with E-state index in [-0.39, 0.29) is 11.7 Å². The molecule has 1 amide bonds. The lowest BCUT2D eigenvalue weighted by atomic mass is 9.95. The van der Waals surface area contributed by atoms with Crippen LogP contribution in [0, 0.1) is 5.41 Å². The number of hydrogen-bond donors (Lipinski definition) is 1. The number of hydrogen-bond acceptors (Lipinski definition) is 2. The van der Waals surface area contributed by atoms with E-state index in [1.165, 1.54) is 12.1 Å². The van der Waals surface area contributed by atoms with Crippen LogP contribution in [0.15, 0.2) is 24.3 Å². The van der Waals surface area contributed by atoms with Gasteiger partial charge >= 0.3 is 6.61 Å². The second-order valence-corrected chi connectivity index (χ2v) is 5.28. The van der Waals surface area contributed by atoms with Gasteiger partial charge in [-0.25, -0.2) is 0 Å². The molecule has 0 atom stereocenters. The molecule has 5 heteroatoms. The summed E-state index contributed by atoms with van der Waals surface area (Å²) in [4.78, 5) is 11.6. The SMILES string of the molecule is CC(C)(C)C(=O)NCCc1ccc(OC(F)F)cc1. The highest BCUT2D eigenvalue weighted by atomic mass is 19.3. The predicted molar refractivity (Wildman–Crippen MR) is 69.2 cm³/mol. The quantitative estimate of drug-likeness (QED) is 0.894. The summed E-state index contributed by atoms with van der Waals surface area (Å²) in [5, 5.41) is 2.83. The first-order chi connectivity index (χ1) is 8.79. The van der Waals surface area contributed by atoms with Crippen LogP contribution in [-0.4, -0.2) is 19.1 Å². The molecule has 3 nitrogen and oxygen atoms in total. The van der Waals surface area contributed by atoms with E-state index in [0.29, 0.717) is 13.0 Å². The molecule has 1 aromatic carbocycles. The van der Waals surface area contributed by atoms with Crippen LogP contribution in [-0.2, 0) is 11.2 Å². The maximum atomic E-state index is 12.0. The lowest BCUT2D eigenvalue weighted by molar-refractivity contribution is -0.128. The van der Waals surface area contributed by atoms with Crippen molar-refractivity contribution < 1.29 is 18.3 Å². The fraction of sp³-hybridized carbons (Fsp3) is 0.500. The first-order valence-corrected chi connectivity index (χ1v) is 6.11. The first kappa shape index (κ1) is 15.4. The average molecular weight is 271 g/mol. The molecular formula is C14H19F2NO2. The number of halogens is 2. The van der Waals surface area contributed by atoms with Gasteiger partial charge in [0, 0.05) is 12.0 Å². The molecule has 0 spiro atoms. The molecule has 0 saturated heterocycles. The molecule has 1 N–H and O–H groups in total. The molecule has 0 radical (unpaired) electrons. The molecular weight excluding hydrogens is 252 g/mol. The van der Waals surface area contributed by atoms with Crippen molar-refractivity contribution in [2.45, 2.75) is 33.8 Å². The summed E-state index contributed by atoms with van der Waals surface area (Å²) in [5.74, 6) is 0.127. The fourth-order valence-corrected chi connectivity index (χ4v) is 1.42. The summed E-state index contributed by atoms with van der Waals surface area (Å²) < 4.78 is 28.2. The number of ether oxygens (including phenoxy) is 1. The monoisotopic (exact) mass is 271 g/mol. The van der Waals surface area contributed by atoms with Crippen molar-refractivity contribution in [1.82, 2.24) is 5.32 Å².